The van der Waals surface area contributed by atoms with Crippen LogP contribution in [0, 0.1) is 0 Å². The largest absolute Gasteiger partial charge is 0.496 e. The second-order valence-electron chi connectivity index (χ2n) is 7.69. The highest BCUT2D eigenvalue weighted by molar-refractivity contribution is 6.06. The summed E-state index contributed by atoms with van der Waals surface area (Å²) in [6, 6.07) is 10.9. The van der Waals surface area contributed by atoms with Crippen LogP contribution in [-0.2, 0) is 13.0 Å². The first-order chi connectivity index (χ1) is 15.6. The summed E-state index contributed by atoms with van der Waals surface area (Å²) in [5, 5.41) is 11.7. The van der Waals surface area contributed by atoms with Gasteiger partial charge in [-0.05, 0) is 37.1 Å². The molecule has 0 bridgehead atoms. The quantitative estimate of drug-likeness (QED) is 0.619. The molecule has 3 aromatic rings. The van der Waals surface area contributed by atoms with Gasteiger partial charge in [0.1, 0.15) is 11.6 Å². The molecule has 1 aliphatic rings. The smallest absolute Gasteiger partial charge is 0.259 e. The first-order valence-corrected chi connectivity index (χ1v) is 10.8. The van der Waals surface area contributed by atoms with Crippen LogP contribution in [0.3, 0.4) is 0 Å². The molecule has 32 heavy (non-hydrogen) atoms. The Morgan fingerprint density at radius 2 is 1.56 bits per heavy atom. The van der Waals surface area contributed by atoms with Crippen LogP contribution in [0.15, 0.2) is 36.4 Å². The maximum Gasteiger partial charge on any atom is 0.259 e. The van der Waals surface area contributed by atoms with E-state index in [1.807, 2.05) is 24.3 Å². The predicted octanol–water partition coefficient (Wildman–Crippen LogP) is 4.34. The summed E-state index contributed by atoms with van der Waals surface area (Å²) in [5.41, 5.74) is 2.00. The molecule has 0 saturated heterocycles. The normalized spacial score (nSPS) is 13.5. The van der Waals surface area contributed by atoms with Gasteiger partial charge in [0.25, 0.3) is 5.91 Å². The Balaban J connectivity index is 1.54. The number of methoxy groups -OCH3 is 3. The number of fused-ring (bicyclic) bond motifs is 1. The molecule has 0 fully saturated rings. The van der Waals surface area contributed by atoms with Gasteiger partial charge in [-0.2, -0.15) is 0 Å². The molecule has 8 heteroatoms. The highest BCUT2D eigenvalue weighted by Crippen LogP contribution is 2.35. The molecule has 168 valence electrons. The molecule has 1 aliphatic heterocycles. The molecule has 0 unspecified atom stereocenters. The maximum absolute atomic E-state index is 12.9. The summed E-state index contributed by atoms with van der Waals surface area (Å²) >= 11 is 0. The second kappa shape index (κ2) is 9.72. The molecule has 1 aromatic heterocycles. The van der Waals surface area contributed by atoms with Gasteiger partial charge in [-0.15, -0.1) is 10.2 Å². The number of benzene rings is 2. The zero-order chi connectivity index (χ0) is 22.5. The molecule has 1 N–H and O–H groups in total. The molecule has 0 spiro atoms. The van der Waals surface area contributed by atoms with E-state index in [0.717, 1.165) is 43.0 Å². The van der Waals surface area contributed by atoms with Crippen LogP contribution < -0.4 is 19.5 Å². The fourth-order valence-electron chi connectivity index (χ4n) is 3.98. The van der Waals surface area contributed by atoms with Gasteiger partial charge in [-0.1, -0.05) is 12.8 Å². The fourth-order valence-corrected chi connectivity index (χ4v) is 3.98. The third-order valence-corrected chi connectivity index (χ3v) is 5.71. The minimum absolute atomic E-state index is 0.303. The van der Waals surface area contributed by atoms with Crippen LogP contribution in [-0.4, -0.2) is 42.0 Å². The lowest BCUT2D eigenvalue weighted by molar-refractivity contribution is 0.102. The van der Waals surface area contributed by atoms with Crippen molar-refractivity contribution in [3.8, 4) is 28.6 Å². The first-order valence-electron chi connectivity index (χ1n) is 10.8. The molecule has 0 saturated carbocycles. The number of rotatable bonds is 6. The molecule has 0 aliphatic carbocycles. The van der Waals surface area contributed by atoms with Gasteiger partial charge in [0.2, 0.25) is 0 Å². The predicted molar refractivity (Wildman–Crippen MR) is 122 cm³/mol. The lowest BCUT2D eigenvalue weighted by atomic mass is 10.1. The molecular weight excluding hydrogens is 408 g/mol. The lowest BCUT2D eigenvalue weighted by Crippen LogP contribution is -2.13. The van der Waals surface area contributed by atoms with Crippen LogP contribution in [0.5, 0.6) is 17.2 Å². The summed E-state index contributed by atoms with van der Waals surface area (Å²) in [6.45, 7) is 0.940. The van der Waals surface area contributed by atoms with Crippen molar-refractivity contribution in [1.82, 2.24) is 14.8 Å². The van der Waals surface area contributed by atoms with Crippen LogP contribution >= 0.6 is 0 Å². The second-order valence-corrected chi connectivity index (χ2v) is 7.69. The lowest BCUT2D eigenvalue weighted by Gasteiger charge is -2.15. The van der Waals surface area contributed by atoms with Gasteiger partial charge >= 0.3 is 0 Å². The average Bonchev–Trinajstić information content (AvgIpc) is 3.19. The number of ether oxygens (including phenoxy) is 3. The van der Waals surface area contributed by atoms with E-state index < -0.39 is 0 Å². The minimum Gasteiger partial charge on any atom is -0.496 e. The van der Waals surface area contributed by atoms with Gasteiger partial charge < -0.3 is 24.1 Å². The molecule has 1 amide bonds. The van der Waals surface area contributed by atoms with Gasteiger partial charge in [0.05, 0.1) is 26.9 Å². The highest BCUT2D eigenvalue weighted by atomic mass is 16.5. The number of nitrogens with one attached hydrogen (secondary N) is 1. The van der Waals surface area contributed by atoms with Crippen molar-refractivity contribution >= 4 is 11.6 Å². The number of aromatic nitrogens is 3. The molecule has 8 nitrogen and oxygen atoms in total. The fraction of sp³-hybridized carbons (Fsp3) is 0.375. The van der Waals surface area contributed by atoms with Gasteiger partial charge in [0, 0.05) is 36.3 Å². The van der Waals surface area contributed by atoms with E-state index in [9.17, 15) is 4.79 Å². The number of aryl methyl sites for hydroxylation is 1. The number of nitrogens with zero attached hydrogens (tertiary/aromatic N) is 3. The minimum atomic E-state index is -0.303. The van der Waals surface area contributed by atoms with Crippen LogP contribution in [0.25, 0.3) is 11.4 Å². The number of amides is 1. The molecule has 0 radical (unpaired) electrons. The average molecular weight is 437 g/mol. The van der Waals surface area contributed by atoms with Crippen LogP contribution in [0.2, 0.25) is 0 Å². The molecule has 2 aromatic carbocycles. The van der Waals surface area contributed by atoms with Gasteiger partial charge in [-0.3, -0.25) is 4.79 Å². The molecular formula is C24H28N4O4. The number of hydrogen-bond donors (Lipinski definition) is 1. The Labute approximate surface area is 187 Å². The number of anilines is 1. The van der Waals surface area contributed by atoms with E-state index in [1.54, 1.807) is 12.1 Å². The molecule has 0 atom stereocenters. The Kier molecular flexibility index (Phi) is 6.58. The summed E-state index contributed by atoms with van der Waals surface area (Å²) < 4.78 is 18.2. The van der Waals surface area contributed by atoms with E-state index in [4.69, 9.17) is 14.2 Å². The third kappa shape index (κ3) is 4.39. The van der Waals surface area contributed by atoms with E-state index in [-0.39, 0.29) is 5.91 Å². The highest BCUT2D eigenvalue weighted by Gasteiger charge is 2.19. The maximum atomic E-state index is 12.9. The zero-order valence-corrected chi connectivity index (χ0v) is 18.7. The van der Waals surface area contributed by atoms with E-state index >= 15 is 0 Å². The van der Waals surface area contributed by atoms with Crippen LogP contribution in [0.4, 0.5) is 5.69 Å². The first kappa shape index (κ1) is 21.7. The monoisotopic (exact) mass is 436 g/mol. The Bertz CT molecular complexity index is 1090. The van der Waals surface area contributed by atoms with Crippen molar-refractivity contribution in [3.63, 3.8) is 0 Å². The SMILES string of the molecule is COc1cc(OC)c(C(=O)Nc2ccc(-c3nnc4n3CCCCCC4)cc2)cc1OC. The standard InChI is InChI=1S/C24H28N4O4/c1-30-19-15-21(32-3)20(31-2)14-18(19)24(29)25-17-11-9-16(10-12-17)23-27-26-22-8-6-4-5-7-13-28(22)23/h9-12,14-15H,4-8,13H2,1-3H3,(H,25,29). The zero-order valence-electron chi connectivity index (χ0n) is 18.7. The Morgan fingerprint density at radius 1 is 0.875 bits per heavy atom. The summed E-state index contributed by atoms with van der Waals surface area (Å²) in [7, 11) is 4.57. The van der Waals surface area contributed by atoms with Gasteiger partial charge in [-0.25, -0.2) is 0 Å². The Morgan fingerprint density at radius 3 is 2.28 bits per heavy atom. The third-order valence-electron chi connectivity index (χ3n) is 5.71. The molecule has 4 rings (SSSR count). The van der Waals surface area contributed by atoms with E-state index in [1.165, 1.54) is 34.2 Å². The summed E-state index contributed by atoms with van der Waals surface area (Å²) in [4.78, 5) is 12.9. The topological polar surface area (TPSA) is 87.5 Å². The van der Waals surface area contributed by atoms with Crippen molar-refractivity contribution in [2.24, 2.45) is 0 Å². The van der Waals surface area contributed by atoms with Crippen LogP contribution in [0.1, 0.15) is 41.9 Å². The van der Waals surface area contributed by atoms with E-state index in [2.05, 4.69) is 20.1 Å². The number of carbonyl (C=O) groups excluding carboxylic acids is 1. The number of hydrogen-bond acceptors (Lipinski definition) is 6. The number of carbonyl (C=O) groups is 1. The van der Waals surface area contributed by atoms with Gasteiger partial charge in [0.15, 0.2) is 17.3 Å². The van der Waals surface area contributed by atoms with Crippen molar-refractivity contribution in [3.05, 3.63) is 47.8 Å². The van der Waals surface area contributed by atoms with E-state index in [0.29, 0.717) is 28.5 Å². The van der Waals surface area contributed by atoms with Crippen molar-refractivity contribution in [2.45, 2.75) is 38.6 Å². The molecule has 2 heterocycles. The summed E-state index contributed by atoms with van der Waals surface area (Å²) in [5.74, 6) is 2.98. The van der Waals surface area contributed by atoms with Crippen molar-refractivity contribution in [1.29, 1.82) is 0 Å². The summed E-state index contributed by atoms with van der Waals surface area (Å²) in [6.07, 6.45) is 5.75. The Hall–Kier alpha value is -3.55. The van der Waals surface area contributed by atoms with Crippen molar-refractivity contribution < 1.29 is 19.0 Å². The van der Waals surface area contributed by atoms with Crippen molar-refractivity contribution in [2.75, 3.05) is 26.6 Å².